The van der Waals surface area contributed by atoms with E-state index in [0.29, 0.717) is 16.7 Å². The third-order valence-corrected chi connectivity index (χ3v) is 4.88. The fraction of sp³-hybridized carbons (Fsp3) is 0.310. The van der Waals surface area contributed by atoms with Crippen molar-refractivity contribution in [2.45, 2.75) is 40.3 Å². The van der Waals surface area contributed by atoms with Crippen LogP contribution in [0, 0.1) is 12.8 Å². The lowest BCUT2D eigenvalue weighted by Crippen LogP contribution is -2.32. The molecule has 1 heterocycles. The molecule has 0 atom stereocenters. The Morgan fingerprint density at radius 1 is 0.973 bits per heavy atom. The molecule has 1 aliphatic heterocycles. The van der Waals surface area contributed by atoms with Gasteiger partial charge in [0.2, 0.25) is 5.91 Å². The Labute approximate surface area is 215 Å². The molecule has 198 valence electrons. The van der Waals surface area contributed by atoms with Gasteiger partial charge in [-0.1, -0.05) is 74.9 Å². The number of hydrogen-bond acceptors (Lipinski definition) is 4. The van der Waals surface area contributed by atoms with Crippen molar-refractivity contribution in [3.8, 4) is 16.9 Å². The second-order valence-corrected chi connectivity index (χ2v) is 9.19. The second-order valence-electron chi connectivity index (χ2n) is 9.19. The summed E-state index contributed by atoms with van der Waals surface area (Å²) in [7, 11) is 0. The smallest absolute Gasteiger partial charge is 0.416 e. The molecule has 37 heavy (non-hydrogen) atoms. The molecule has 3 aromatic rings. The van der Waals surface area contributed by atoms with Gasteiger partial charge in [0.1, 0.15) is 12.4 Å². The molecule has 2 amide bonds. The zero-order valence-corrected chi connectivity index (χ0v) is 21.4. The van der Waals surface area contributed by atoms with E-state index in [1.165, 1.54) is 29.8 Å². The van der Waals surface area contributed by atoms with Crippen LogP contribution in [0.4, 0.5) is 18.0 Å². The zero-order chi connectivity index (χ0) is 27.6. The number of benzene rings is 3. The zero-order valence-electron chi connectivity index (χ0n) is 21.4. The summed E-state index contributed by atoms with van der Waals surface area (Å²) in [5.41, 5.74) is 1.91. The molecule has 4 rings (SSSR count). The van der Waals surface area contributed by atoms with Crippen molar-refractivity contribution < 1.29 is 32.6 Å². The fourth-order valence-electron chi connectivity index (χ4n) is 3.22. The number of rotatable bonds is 3. The molecule has 0 bridgehead atoms. The number of halogens is 3. The van der Waals surface area contributed by atoms with Gasteiger partial charge in [-0.25, -0.2) is 9.69 Å². The average molecular weight is 516 g/mol. The van der Waals surface area contributed by atoms with Gasteiger partial charge in [-0.3, -0.25) is 4.79 Å². The molecule has 5 nitrogen and oxygen atoms in total. The quantitative estimate of drug-likeness (QED) is 0.399. The Balaban J connectivity index is 0.000000363. The first-order valence-corrected chi connectivity index (χ1v) is 11.9. The highest BCUT2D eigenvalue weighted by Gasteiger charge is 2.30. The predicted octanol–water partition coefficient (Wildman–Crippen LogP) is 7.26. The van der Waals surface area contributed by atoms with Gasteiger partial charge in [-0.2, -0.15) is 13.2 Å². The lowest BCUT2D eigenvalue weighted by Gasteiger charge is -2.12. The van der Waals surface area contributed by atoms with E-state index in [9.17, 15) is 27.9 Å². The Bertz CT molecular complexity index is 1160. The van der Waals surface area contributed by atoms with Gasteiger partial charge >= 0.3 is 12.3 Å². The van der Waals surface area contributed by atoms with E-state index in [4.69, 9.17) is 4.74 Å². The van der Waals surface area contributed by atoms with E-state index in [1.807, 2.05) is 18.2 Å². The monoisotopic (exact) mass is 515 g/mol. The van der Waals surface area contributed by atoms with Crippen LogP contribution in [0.15, 0.2) is 72.8 Å². The second kappa shape index (κ2) is 13.5. The highest BCUT2D eigenvalue weighted by molar-refractivity contribution is 5.94. The first-order valence-electron chi connectivity index (χ1n) is 11.9. The van der Waals surface area contributed by atoms with Crippen LogP contribution in [-0.4, -0.2) is 35.2 Å². The van der Waals surface area contributed by atoms with Crippen LogP contribution in [0.5, 0.6) is 5.75 Å². The SMILES string of the molecule is CC(C)C.Cc1ccccc1.O=C(Cc1cc(O)cc(-c2ccc(C(F)(F)F)cc2)c1)N1CCOC1=O. The molecule has 1 N–H and O–H groups in total. The van der Waals surface area contributed by atoms with Crippen molar-refractivity contribution in [2.24, 2.45) is 5.92 Å². The third-order valence-electron chi connectivity index (χ3n) is 4.88. The third kappa shape index (κ3) is 9.99. The van der Waals surface area contributed by atoms with Crippen molar-refractivity contribution in [3.63, 3.8) is 0 Å². The van der Waals surface area contributed by atoms with E-state index in [0.717, 1.165) is 23.0 Å². The molecule has 0 saturated carbocycles. The number of alkyl halides is 3. The maximum Gasteiger partial charge on any atom is 0.416 e. The van der Waals surface area contributed by atoms with Crippen LogP contribution < -0.4 is 0 Å². The van der Waals surface area contributed by atoms with Crippen molar-refractivity contribution in [2.75, 3.05) is 13.2 Å². The number of nitrogens with zero attached hydrogens (tertiary/aromatic N) is 1. The van der Waals surface area contributed by atoms with Gasteiger partial charge in [0, 0.05) is 0 Å². The maximum absolute atomic E-state index is 12.7. The minimum atomic E-state index is -4.43. The highest BCUT2D eigenvalue weighted by atomic mass is 19.4. The molecule has 0 spiro atoms. The number of carbonyl (C=O) groups is 2. The molecular weight excluding hydrogens is 483 g/mol. The molecule has 3 aromatic carbocycles. The lowest BCUT2D eigenvalue weighted by atomic mass is 9.99. The van der Waals surface area contributed by atoms with Crippen molar-refractivity contribution in [1.29, 1.82) is 0 Å². The van der Waals surface area contributed by atoms with Crippen molar-refractivity contribution in [3.05, 3.63) is 89.5 Å². The summed E-state index contributed by atoms with van der Waals surface area (Å²) in [4.78, 5) is 24.5. The number of carbonyl (C=O) groups excluding carboxylic acids is 2. The number of phenols is 1. The van der Waals surface area contributed by atoms with Crippen LogP contribution in [0.1, 0.15) is 37.5 Å². The van der Waals surface area contributed by atoms with Gasteiger partial charge in [-0.15, -0.1) is 0 Å². The van der Waals surface area contributed by atoms with Crippen LogP contribution in [0.3, 0.4) is 0 Å². The first kappa shape index (κ1) is 29.4. The number of hydrogen-bond donors (Lipinski definition) is 1. The van der Waals surface area contributed by atoms with E-state index < -0.39 is 23.7 Å². The largest absolute Gasteiger partial charge is 0.508 e. The molecule has 1 fully saturated rings. The molecule has 1 saturated heterocycles. The van der Waals surface area contributed by atoms with Gasteiger partial charge in [0.25, 0.3) is 0 Å². The molecule has 0 radical (unpaired) electrons. The summed E-state index contributed by atoms with van der Waals surface area (Å²) >= 11 is 0. The van der Waals surface area contributed by atoms with Gasteiger partial charge < -0.3 is 9.84 Å². The maximum atomic E-state index is 12.7. The molecule has 1 aliphatic rings. The summed E-state index contributed by atoms with van der Waals surface area (Å²) in [6.45, 7) is 8.89. The fourth-order valence-corrected chi connectivity index (χ4v) is 3.22. The number of aryl methyl sites for hydroxylation is 1. The molecule has 0 aromatic heterocycles. The summed E-state index contributed by atoms with van der Waals surface area (Å²) in [5, 5.41) is 9.87. The summed E-state index contributed by atoms with van der Waals surface area (Å²) < 4.78 is 42.7. The Hall–Kier alpha value is -3.81. The average Bonchev–Trinajstić information content (AvgIpc) is 3.25. The van der Waals surface area contributed by atoms with Crippen LogP contribution >= 0.6 is 0 Å². The van der Waals surface area contributed by atoms with E-state index >= 15 is 0 Å². The van der Waals surface area contributed by atoms with Crippen LogP contribution in [-0.2, 0) is 22.1 Å². The normalized spacial score (nSPS) is 12.8. The number of imide groups is 1. The number of cyclic esters (lactones) is 1. The summed E-state index contributed by atoms with van der Waals surface area (Å²) in [6.07, 6.45) is -5.28. The summed E-state index contributed by atoms with van der Waals surface area (Å²) in [5.74, 6) is 0.227. The standard InChI is InChI=1S/C18H14F3NO4.C7H8.C4H10/c19-18(20,21)14-3-1-12(2-4-14)13-7-11(8-15(23)10-13)9-16(24)22-5-6-26-17(22)25;1-7-5-3-2-4-6-7;1-4(2)3/h1-4,7-8,10,23H,5-6,9H2;2-6H,1H3;4H,1-3H3. The molecule has 0 aliphatic carbocycles. The lowest BCUT2D eigenvalue weighted by molar-refractivity contribution is -0.137. The Kier molecular flexibility index (Phi) is 10.7. The molecule has 0 unspecified atom stereocenters. The minimum absolute atomic E-state index is 0.130. The topological polar surface area (TPSA) is 66.8 Å². The minimum Gasteiger partial charge on any atom is -0.508 e. The Morgan fingerprint density at radius 3 is 2.03 bits per heavy atom. The molecule has 8 heteroatoms. The van der Waals surface area contributed by atoms with E-state index in [2.05, 4.69) is 39.8 Å². The number of amides is 2. The van der Waals surface area contributed by atoms with E-state index in [1.54, 1.807) is 6.07 Å². The van der Waals surface area contributed by atoms with Crippen LogP contribution in [0.2, 0.25) is 0 Å². The number of ether oxygens (including phenoxy) is 1. The molecular formula is C29H32F3NO4. The highest BCUT2D eigenvalue weighted by Crippen LogP contribution is 2.32. The van der Waals surface area contributed by atoms with E-state index in [-0.39, 0.29) is 25.3 Å². The summed E-state index contributed by atoms with van der Waals surface area (Å²) in [6, 6.07) is 19.1. The number of phenolic OH excluding ortho intramolecular Hbond substituents is 1. The van der Waals surface area contributed by atoms with Crippen LogP contribution in [0.25, 0.3) is 11.1 Å². The van der Waals surface area contributed by atoms with Crippen molar-refractivity contribution in [1.82, 2.24) is 4.90 Å². The van der Waals surface area contributed by atoms with Gasteiger partial charge in [0.15, 0.2) is 0 Å². The first-order chi connectivity index (χ1) is 17.4. The predicted molar refractivity (Wildman–Crippen MR) is 137 cm³/mol. The van der Waals surface area contributed by atoms with Gasteiger partial charge in [-0.05, 0) is 53.8 Å². The van der Waals surface area contributed by atoms with Gasteiger partial charge in [0.05, 0.1) is 18.5 Å². The van der Waals surface area contributed by atoms with Crippen molar-refractivity contribution >= 4 is 12.0 Å². The number of aromatic hydroxyl groups is 1. The Morgan fingerprint density at radius 2 is 1.57 bits per heavy atom.